The molecule has 2 heterocycles. The quantitative estimate of drug-likeness (QED) is 0.897. The van der Waals surface area contributed by atoms with E-state index in [0.717, 1.165) is 0 Å². The smallest absolute Gasteiger partial charge is 0.417 e. The van der Waals surface area contributed by atoms with Gasteiger partial charge in [0, 0.05) is 19.2 Å². The second kappa shape index (κ2) is 5.10. The van der Waals surface area contributed by atoms with E-state index < -0.39 is 23.2 Å². The lowest BCUT2D eigenvalue weighted by atomic mass is 9.99. The molecule has 2 rings (SSSR count). The van der Waals surface area contributed by atoms with Crippen LogP contribution in [-0.2, 0) is 15.7 Å². The molecule has 0 aliphatic carbocycles. The van der Waals surface area contributed by atoms with E-state index in [4.69, 9.17) is 16.3 Å². The third-order valence-electron chi connectivity index (χ3n) is 2.96. The number of hydrogen-bond acceptors (Lipinski definition) is 4. The van der Waals surface area contributed by atoms with Crippen LogP contribution in [0.3, 0.4) is 0 Å². The highest BCUT2D eigenvalue weighted by Crippen LogP contribution is 2.34. The highest BCUT2D eigenvalue weighted by molar-refractivity contribution is 6.33. The van der Waals surface area contributed by atoms with Crippen LogP contribution in [-0.4, -0.2) is 34.8 Å². The van der Waals surface area contributed by atoms with E-state index in [1.54, 1.807) is 0 Å². The molecule has 110 valence electrons. The zero-order chi connectivity index (χ0) is 15.0. The molecule has 1 atom stereocenters. The van der Waals surface area contributed by atoms with Crippen molar-refractivity contribution >= 4 is 23.4 Å². The standard InChI is InChI=1S/C11H10ClF3N2O3/c12-7-3-6(11(13,14)15)4-16-8(7)17-10(9(18)19)1-2-20-5-10/h3-4H,1-2,5H2,(H,16,17)(H,18,19). The van der Waals surface area contributed by atoms with Crippen LogP contribution < -0.4 is 5.32 Å². The van der Waals surface area contributed by atoms with Gasteiger partial charge in [0.05, 0.1) is 17.2 Å². The number of ether oxygens (including phenoxy) is 1. The Morgan fingerprint density at radius 1 is 1.55 bits per heavy atom. The number of pyridine rings is 1. The number of halogens is 4. The van der Waals surface area contributed by atoms with Crippen LogP contribution in [0.2, 0.25) is 5.02 Å². The van der Waals surface area contributed by atoms with E-state index in [1.165, 1.54) is 0 Å². The number of hydrogen-bond donors (Lipinski definition) is 2. The molecule has 0 amide bonds. The number of anilines is 1. The second-order valence-electron chi connectivity index (χ2n) is 4.37. The Balaban J connectivity index is 2.28. The van der Waals surface area contributed by atoms with Crippen LogP contribution in [0.15, 0.2) is 12.3 Å². The van der Waals surface area contributed by atoms with E-state index in [9.17, 15) is 23.1 Å². The Morgan fingerprint density at radius 2 is 2.25 bits per heavy atom. The molecule has 9 heteroatoms. The van der Waals surface area contributed by atoms with Gasteiger partial charge < -0.3 is 15.2 Å². The molecule has 0 saturated carbocycles. The Kier molecular flexibility index (Phi) is 3.79. The van der Waals surface area contributed by atoms with Crippen molar-refractivity contribution in [1.82, 2.24) is 4.98 Å². The van der Waals surface area contributed by atoms with Crippen LogP contribution >= 0.6 is 11.6 Å². The van der Waals surface area contributed by atoms with Gasteiger partial charge in [0.2, 0.25) is 0 Å². The predicted molar refractivity (Wildman–Crippen MR) is 63.7 cm³/mol. The van der Waals surface area contributed by atoms with Crippen molar-refractivity contribution in [1.29, 1.82) is 0 Å². The molecule has 1 aliphatic rings. The molecule has 1 unspecified atom stereocenters. The molecule has 1 fully saturated rings. The Bertz CT molecular complexity index is 530. The van der Waals surface area contributed by atoms with Gasteiger partial charge >= 0.3 is 12.1 Å². The molecule has 0 aromatic carbocycles. The minimum absolute atomic E-state index is 0.110. The fourth-order valence-electron chi connectivity index (χ4n) is 1.80. The Morgan fingerprint density at radius 3 is 2.70 bits per heavy atom. The molecule has 20 heavy (non-hydrogen) atoms. The van der Waals surface area contributed by atoms with Crippen molar-refractivity contribution in [2.75, 3.05) is 18.5 Å². The van der Waals surface area contributed by atoms with Gasteiger partial charge in [0.1, 0.15) is 5.82 Å². The number of carbonyl (C=O) groups is 1. The van der Waals surface area contributed by atoms with E-state index in [2.05, 4.69) is 10.3 Å². The Labute approximate surface area is 116 Å². The van der Waals surface area contributed by atoms with E-state index >= 15 is 0 Å². The van der Waals surface area contributed by atoms with Crippen molar-refractivity contribution in [3.8, 4) is 0 Å². The summed E-state index contributed by atoms with van der Waals surface area (Å²) in [6, 6.07) is 0.697. The maximum Gasteiger partial charge on any atom is 0.417 e. The van der Waals surface area contributed by atoms with Crippen LogP contribution in [0.25, 0.3) is 0 Å². The van der Waals surface area contributed by atoms with Crippen molar-refractivity contribution < 1.29 is 27.8 Å². The topological polar surface area (TPSA) is 71.5 Å². The van der Waals surface area contributed by atoms with Gasteiger partial charge in [0.25, 0.3) is 0 Å². The minimum Gasteiger partial charge on any atom is -0.479 e. The lowest BCUT2D eigenvalue weighted by Crippen LogP contribution is -2.47. The molecule has 5 nitrogen and oxygen atoms in total. The van der Waals surface area contributed by atoms with Crippen molar-refractivity contribution in [3.05, 3.63) is 22.8 Å². The molecular weight excluding hydrogens is 301 g/mol. The molecule has 0 spiro atoms. The highest BCUT2D eigenvalue weighted by atomic mass is 35.5. The van der Waals surface area contributed by atoms with Crippen LogP contribution in [0, 0.1) is 0 Å². The van der Waals surface area contributed by atoms with Crippen molar-refractivity contribution in [2.45, 2.75) is 18.1 Å². The summed E-state index contributed by atoms with van der Waals surface area (Å²) < 4.78 is 42.4. The van der Waals surface area contributed by atoms with Crippen LogP contribution in [0.5, 0.6) is 0 Å². The molecule has 1 aromatic rings. The highest BCUT2D eigenvalue weighted by Gasteiger charge is 2.43. The first-order valence-electron chi connectivity index (χ1n) is 5.57. The molecule has 0 radical (unpaired) electrons. The average molecular weight is 311 g/mol. The van der Waals surface area contributed by atoms with Crippen molar-refractivity contribution in [2.24, 2.45) is 0 Å². The summed E-state index contributed by atoms with van der Waals surface area (Å²) in [6.45, 7) is 0.124. The zero-order valence-corrected chi connectivity index (χ0v) is 10.8. The molecule has 1 aliphatic heterocycles. The summed E-state index contributed by atoms with van der Waals surface area (Å²) in [6.07, 6.45) is -3.79. The van der Waals surface area contributed by atoms with E-state index in [0.29, 0.717) is 12.3 Å². The molecule has 0 bridgehead atoms. The van der Waals surface area contributed by atoms with E-state index in [-0.39, 0.29) is 30.5 Å². The predicted octanol–water partition coefficient (Wildman–Crippen LogP) is 2.41. The summed E-state index contributed by atoms with van der Waals surface area (Å²) in [7, 11) is 0. The first-order valence-corrected chi connectivity index (χ1v) is 5.94. The minimum atomic E-state index is -4.56. The SMILES string of the molecule is O=C(O)C1(Nc2ncc(C(F)(F)F)cc2Cl)CCOC1. The first-order chi connectivity index (χ1) is 9.24. The summed E-state index contributed by atoms with van der Waals surface area (Å²) in [5, 5.41) is 11.5. The fraction of sp³-hybridized carbons (Fsp3) is 0.455. The lowest BCUT2D eigenvalue weighted by molar-refractivity contribution is -0.142. The summed E-state index contributed by atoms with van der Waals surface area (Å²) >= 11 is 5.72. The number of nitrogens with zero attached hydrogens (tertiary/aromatic N) is 1. The average Bonchev–Trinajstić information content (AvgIpc) is 2.80. The summed E-state index contributed by atoms with van der Waals surface area (Å²) in [5.74, 6) is -1.29. The number of carboxylic acid groups (broad SMARTS) is 1. The maximum absolute atomic E-state index is 12.5. The fourth-order valence-corrected chi connectivity index (χ4v) is 2.01. The second-order valence-corrected chi connectivity index (χ2v) is 4.77. The summed E-state index contributed by atoms with van der Waals surface area (Å²) in [4.78, 5) is 14.8. The third kappa shape index (κ3) is 2.80. The molecule has 2 N–H and O–H groups in total. The number of aliphatic carboxylic acids is 1. The third-order valence-corrected chi connectivity index (χ3v) is 3.25. The van der Waals surface area contributed by atoms with Crippen LogP contribution in [0.1, 0.15) is 12.0 Å². The normalized spacial score (nSPS) is 22.8. The largest absolute Gasteiger partial charge is 0.479 e. The van der Waals surface area contributed by atoms with E-state index in [1.807, 2.05) is 0 Å². The Hall–Kier alpha value is -1.54. The van der Waals surface area contributed by atoms with Gasteiger partial charge in [0.15, 0.2) is 5.54 Å². The summed E-state index contributed by atoms with van der Waals surface area (Å²) in [5.41, 5.74) is -2.42. The zero-order valence-electron chi connectivity index (χ0n) is 10.00. The van der Waals surface area contributed by atoms with Crippen LogP contribution in [0.4, 0.5) is 19.0 Å². The number of carboxylic acids is 1. The van der Waals surface area contributed by atoms with Gasteiger partial charge in [-0.1, -0.05) is 11.6 Å². The maximum atomic E-state index is 12.5. The molecule has 1 saturated heterocycles. The number of aromatic nitrogens is 1. The number of rotatable bonds is 3. The van der Waals surface area contributed by atoms with Gasteiger partial charge in [-0.3, -0.25) is 0 Å². The van der Waals surface area contributed by atoms with Gasteiger partial charge in [-0.2, -0.15) is 13.2 Å². The molecule has 1 aromatic heterocycles. The number of nitrogens with one attached hydrogen (secondary N) is 1. The monoisotopic (exact) mass is 310 g/mol. The van der Waals surface area contributed by atoms with Gasteiger partial charge in [-0.15, -0.1) is 0 Å². The van der Waals surface area contributed by atoms with Gasteiger partial charge in [-0.05, 0) is 6.07 Å². The molecular formula is C11H10ClF3N2O3. The van der Waals surface area contributed by atoms with Crippen molar-refractivity contribution in [3.63, 3.8) is 0 Å². The lowest BCUT2D eigenvalue weighted by Gasteiger charge is -2.25. The first kappa shape index (κ1) is 14.9. The number of alkyl halides is 3. The van der Waals surface area contributed by atoms with Gasteiger partial charge in [-0.25, -0.2) is 9.78 Å².